The Hall–Kier alpha value is -1.77. The van der Waals surface area contributed by atoms with E-state index in [2.05, 4.69) is 21.7 Å². The smallest absolute Gasteiger partial charge is 0.253 e. The number of aliphatic hydroxyl groups excluding tert-OH is 1. The number of aromatic nitrogens is 1. The van der Waals surface area contributed by atoms with E-state index in [1.807, 2.05) is 19.9 Å². The highest BCUT2D eigenvalue weighted by molar-refractivity contribution is 5.96. The number of nitrogens with zero attached hydrogens (tertiary/aromatic N) is 1. The van der Waals surface area contributed by atoms with E-state index in [1.165, 1.54) is 0 Å². The van der Waals surface area contributed by atoms with Crippen LogP contribution in [0.5, 0.6) is 0 Å². The van der Waals surface area contributed by atoms with Crippen LogP contribution < -0.4 is 5.32 Å². The summed E-state index contributed by atoms with van der Waals surface area (Å²) in [7, 11) is 0. The van der Waals surface area contributed by atoms with Crippen LogP contribution in [0.3, 0.4) is 0 Å². The van der Waals surface area contributed by atoms with Crippen molar-refractivity contribution in [2.45, 2.75) is 52.1 Å². The molecule has 2 N–H and O–H groups in total. The minimum Gasteiger partial charge on any atom is -0.394 e. The zero-order chi connectivity index (χ0) is 16.8. The molecule has 23 heavy (non-hydrogen) atoms. The molecule has 1 aliphatic rings. The lowest BCUT2D eigenvalue weighted by Crippen LogP contribution is -2.37. The molecule has 1 amide bonds. The Balaban J connectivity index is 2.15. The van der Waals surface area contributed by atoms with Crippen LogP contribution in [0.1, 0.15) is 54.0 Å². The second-order valence-corrected chi connectivity index (χ2v) is 6.01. The Kier molecular flexibility index (Phi) is 6.26. The van der Waals surface area contributed by atoms with Gasteiger partial charge in [-0.2, -0.15) is 0 Å². The highest BCUT2D eigenvalue weighted by Crippen LogP contribution is 2.26. The molecule has 1 aromatic rings. The van der Waals surface area contributed by atoms with Crippen molar-refractivity contribution < 1.29 is 14.6 Å². The fourth-order valence-electron chi connectivity index (χ4n) is 3.15. The standard InChI is InChI=1S/C18H26N2O3/c1-4-5-7-15(11-21)19-18(22)17-10-13(2)20(14(17)3)16-8-6-9-23-12-16/h10,15-16,21H,6-9,11-12H2,1-3H3,(H,19,22). The first kappa shape index (κ1) is 17.6. The Morgan fingerprint density at radius 1 is 1.57 bits per heavy atom. The SMILES string of the molecule is CC#CCC(CO)NC(=O)c1cc(C)n(C2CCCOC2)c1C. The van der Waals surface area contributed by atoms with Crippen molar-refractivity contribution in [1.29, 1.82) is 0 Å². The number of aryl methyl sites for hydroxylation is 1. The molecule has 0 bridgehead atoms. The van der Waals surface area contributed by atoms with Gasteiger partial charge in [-0.05, 0) is 39.7 Å². The zero-order valence-electron chi connectivity index (χ0n) is 14.2. The highest BCUT2D eigenvalue weighted by Gasteiger charge is 2.23. The van der Waals surface area contributed by atoms with E-state index >= 15 is 0 Å². The quantitative estimate of drug-likeness (QED) is 0.816. The van der Waals surface area contributed by atoms with Crippen LogP contribution in [0, 0.1) is 25.7 Å². The Morgan fingerprint density at radius 3 is 2.96 bits per heavy atom. The monoisotopic (exact) mass is 318 g/mol. The first-order chi connectivity index (χ1) is 11.1. The van der Waals surface area contributed by atoms with E-state index in [4.69, 9.17) is 4.74 Å². The summed E-state index contributed by atoms with van der Waals surface area (Å²) >= 11 is 0. The fraction of sp³-hybridized carbons (Fsp3) is 0.611. The summed E-state index contributed by atoms with van der Waals surface area (Å²) in [6, 6.07) is 1.88. The second-order valence-electron chi connectivity index (χ2n) is 6.01. The first-order valence-electron chi connectivity index (χ1n) is 8.16. The van der Waals surface area contributed by atoms with Gasteiger partial charge >= 0.3 is 0 Å². The van der Waals surface area contributed by atoms with Crippen LogP contribution in [0.25, 0.3) is 0 Å². The third-order valence-electron chi connectivity index (χ3n) is 4.31. The maximum atomic E-state index is 12.5. The maximum Gasteiger partial charge on any atom is 0.253 e. The van der Waals surface area contributed by atoms with Gasteiger partial charge in [0, 0.05) is 24.4 Å². The predicted octanol–water partition coefficient (Wildman–Crippen LogP) is 1.96. The summed E-state index contributed by atoms with van der Waals surface area (Å²) in [6.45, 7) is 7.13. The highest BCUT2D eigenvalue weighted by atomic mass is 16.5. The number of aliphatic hydroxyl groups is 1. The molecule has 2 atom stereocenters. The van der Waals surface area contributed by atoms with E-state index in [-0.39, 0.29) is 18.6 Å². The van der Waals surface area contributed by atoms with Gasteiger partial charge < -0.3 is 19.7 Å². The fourth-order valence-corrected chi connectivity index (χ4v) is 3.15. The summed E-state index contributed by atoms with van der Waals surface area (Å²) < 4.78 is 7.78. The maximum absolute atomic E-state index is 12.5. The molecule has 1 aliphatic heterocycles. The molecule has 2 rings (SSSR count). The molecule has 5 heteroatoms. The lowest BCUT2D eigenvalue weighted by molar-refractivity contribution is 0.0579. The number of hydrogen-bond donors (Lipinski definition) is 2. The van der Waals surface area contributed by atoms with Crippen molar-refractivity contribution in [2.24, 2.45) is 0 Å². The molecule has 0 aliphatic carbocycles. The molecule has 1 aromatic heterocycles. The van der Waals surface area contributed by atoms with Gasteiger partial charge in [0.2, 0.25) is 0 Å². The van der Waals surface area contributed by atoms with Crippen LogP contribution in [0.4, 0.5) is 0 Å². The predicted molar refractivity (Wildman–Crippen MR) is 89.4 cm³/mol. The average Bonchev–Trinajstić information content (AvgIpc) is 2.86. The molecular weight excluding hydrogens is 292 g/mol. The van der Waals surface area contributed by atoms with Crippen LogP contribution in [0.15, 0.2) is 6.07 Å². The molecule has 126 valence electrons. The largest absolute Gasteiger partial charge is 0.394 e. The normalized spacial score (nSPS) is 18.9. The van der Waals surface area contributed by atoms with Gasteiger partial charge in [-0.1, -0.05) is 0 Å². The Labute approximate surface area is 138 Å². The molecule has 2 unspecified atom stereocenters. The molecule has 0 aromatic carbocycles. The van der Waals surface area contributed by atoms with E-state index in [0.29, 0.717) is 24.6 Å². The summed E-state index contributed by atoms with van der Waals surface area (Å²) in [5, 5.41) is 12.2. The molecule has 5 nitrogen and oxygen atoms in total. The number of nitrogens with one attached hydrogen (secondary N) is 1. The summed E-state index contributed by atoms with van der Waals surface area (Å²) in [5.41, 5.74) is 2.68. The number of ether oxygens (including phenoxy) is 1. The van der Waals surface area contributed by atoms with Crippen LogP contribution >= 0.6 is 0 Å². The summed E-state index contributed by atoms with van der Waals surface area (Å²) in [6.07, 6.45) is 2.57. The van der Waals surface area contributed by atoms with Gasteiger partial charge in [-0.25, -0.2) is 0 Å². The Bertz CT molecular complexity index is 604. The van der Waals surface area contributed by atoms with Gasteiger partial charge in [-0.15, -0.1) is 11.8 Å². The molecule has 0 radical (unpaired) electrons. The van der Waals surface area contributed by atoms with Crippen molar-refractivity contribution >= 4 is 5.91 Å². The molecule has 1 saturated heterocycles. The number of hydrogen-bond acceptors (Lipinski definition) is 3. The lowest BCUT2D eigenvalue weighted by atomic mass is 10.1. The average molecular weight is 318 g/mol. The van der Waals surface area contributed by atoms with Crippen molar-refractivity contribution in [2.75, 3.05) is 19.8 Å². The lowest BCUT2D eigenvalue weighted by Gasteiger charge is -2.26. The van der Waals surface area contributed by atoms with E-state index in [1.54, 1.807) is 6.92 Å². The molecule has 0 spiro atoms. The van der Waals surface area contributed by atoms with Crippen LogP contribution in [-0.2, 0) is 4.74 Å². The van der Waals surface area contributed by atoms with Crippen molar-refractivity contribution in [1.82, 2.24) is 9.88 Å². The third-order valence-corrected chi connectivity index (χ3v) is 4.31. The second kappa shape index (κ2) is 8.19. The van der Waals surface area contributed by atoms with Gasteiger partial charge in [0.25, 0.3) is 5.91 Å². The van der Waals surface area contributed by atoms with Gasteiger partial charge in [-0.3, -0.25) is 4.79 Å². The van der Waals surface area contributed by atoms with Crippen LogP contribution in [0.2, 0.25) is 0 Å². The molecular formula is C18H26N2O3. The van der Waals surface area contributed by atoms with E-state index < -0.39 is 0 Å². The zero-order valence-corrected chi connectivity index (χ0v) is 14.2. The molecule has 0 saturated carbocycles. The topological polar surface area (TPSA) is 63.5 Å². The molecule has 1 fully saturated rings. The van der Waals surface area contributed by atoms with Gasteiger partial charge in [0.15, 0.2) is 0 Å². The van der Waals surface area contributed by atoms with Crippen molar-refractivity contribution in [3.63, 3.8) is 0 Å². The first-order valence-corrected chi connectivity index (χ1v) is 8.16. The third kappa shape index (κ3) is 4.15. The minimum atomic E-state index is -0.337. The minimum absolute atomic E-state index is 0.115. The number of carbonyl (C=O) groups excluding carboxylic acids is 1. The van der Waals surface area contributed by atoms with E-state index in [0.717, 1.165) is 30.8 Å². The summed E-state index contributed by atoms with van der Waals surface area (Å²) in [4.78, 5) is 12.5. The Morgan fingerprint density at radius 2 is 2.35 bits per heavy atom. The number of amides is 1. The van der Waals surface area contributed by atoms with Crippen LogP contribution in [-0.4, -0.2) is 41.4 Å². The summed E-state index contributed by atoms with van der Waals surface area (Å²) in [5.74, 6) is 5.52. The number of rotatable bonds is 5. The molecule has 2 heterocycles. The van der Waals surface area contributed by atoms with Gasteiger partial charge in [0.1, 0.15) is 0 Å². The van der Waals surface area contributed by atoms with Gasteiger partial charge in [0.05, 0.1) is 30.9 Å². The van der Waals surface area contributed by atoms with E-state index in [9.17, 15) is 9.90 Å². The number of carbonyl (C=O) groups is 1. The van der Waals surface area contributed by atoms with Crippen molar-refractivity contribution in [3.05, 3.63) is 23.0 Å². The van der Waals surface area contributed by atoms with Crippen molar-refractivity contribution in [3.8, 4) is 11.8 Å².